The van der Waals surface area contributed by atoms with Crippen LogP contribution in [0.1, 0.15) is 226 Å². The first-order valence-corrected chi connectivity index (χ1v) is 29.6. The predicted molar refractivity (Wildman–Crippen MR) is 325 cm³/mol. The fraction of sp³-hybridized carbons (Fsp3) is 0.551. The summed E-state index contributed by atoms with van der Waals surface area (Å²) in [6, 6.07) is 0. The molecular weight excluding hydrogens is 925 g/mol. The van der Waals surface area contributed by atoms with Crippen LogP contribution in [-0.2, 0) is 28.6 Å². The summed E-state index contributed by atoms with van der Waals surface area (Å²) in [7, 11) is 0. The Morgan fingerprint density at radius 1 is 0.267 bits per heavy atom. The van der Waals surface area contributed by atoms with E-state index in [2.05, 4.69) is 179 Å². The molecule has 0 amide bonds. The average Bonchev–Trinajstić information content (AvgIpc) is 3.41. The summed E-state index contributed by atoms with van der Waals surface area (Å²) in [5.74, 6) is -1.07. The highest BCUT2D eigenvalue weighted by molar-refractivity contribution is 5.71. The van der Waals surface area contributed by atoms with Gasteiger partial charge in [0.05, 0.1) is 0 Å². The van der Waals surface area contributed by atoms with Crippen molar-refractivity contribution < 1.29 is 28.6 Å². The molecule has 0 aliphatic heterocycles. The quantitative estimate of drug-likeness (QED) is 0.0261. The molecule has 0 aromatic heterocycles. The monoisotopic (exact) mass is 1030 g/mol. The molecule has 1 unspecified atom stereocenters. The van der Waals surface area contributed by atoms with Crippen molar-refractivity contribution in [3.8, 4) is 0 Å². The van der Waals surface area contributed by atoms with Gasteiger partial charge in [0.2, 0.25) is 0 Å². The van der Waals surface area contributed by atoms with E-state index in [0.29, 0.717) is 19.3 Å². The van der Waals surface area contributed by atoms with Crippen molar-refractivity contribution in [2.45, 2.75) is 232 Å². The lowest BCUT2D eigenvalue weighted by atomic mass is 10.1. The number of hydrogen-bond acceptors (Lipinski definition) is 6. The maximum absolute atomic E-state index is 12.9. The van der Waals surface area contributed by atoms with Gasteiger partial charge in [0.15, 0.2) is 6.10 Å². The molecule has 0 bridgehead atoms. The molecule has 0 aliphatic carbocycles. The molecule has 418 valence electrons. The van der Waals surface area contributed by atoms with Crippen LogP contribution < -0.4 is 0 Å². The third-order valence-electron chi connectivity index (χ3n) is 11.7. The highest BCUT2D eigenvalue weighted by atomic mass is 16.6. The lowest BCUT2D eigenvalue weighted by Crippen LogP contribution is -2.30. The standard InChI is InChI=1S/C69H106O6/c1-4-7-10-13-16-19-22-25-27-29-31-33-34-36-37-39-41-44-47-50-53-56-59-62-68(71)74-65-66(64-73-67(70)61-58-55-52-49-46-43-24-21-18-15-12-9-6-3)75-69(72)63-60-57-54-51-48-45-42-40-38-35-32-30-28-26-23-20-17-14-11-8-5-2/h7-12,16-21,25-28,31-33,35,40,42-43,46,48,51-52,55,66H,4-6,13-15,22-24,29-30,34,36-39,41,44-45,47,49-50,53-54,56-65H2,1-3H3/b10-7-,11-8-,12-9-,19-16-,20-17-,21-18-,27-25-,28-26-,33-31-,35-32-,42-40-,46-43-,51-48-,55-52-. The minimum absolute atomic E-state index is 0.128. The molecule has 0 aromatic rings. The Kier molecular flexibility index (Phi) is 57.0. The molecule has 0 heterocycles. The Balaban J connectivity index is 4.52. The molecule has 0 saturated carbocycles. The second-order valence-electron chi connectivity index (χ2n) is 18.8. The van der Waals surface area contributed by atoms with Crippen LogP contribution in [0.5, 0.6) is 0 Å². The van der Waals surface area contributed by atoms with E-state index < -0.39 is 6.10 Å². The molecule has 0 aromatic carbocycles. The van der Waals surface area contributed by atoms with Crippen LogP contribution in [-0.4, -0.2) is 37.2 Å². The van der Waals surface area contributed by atoms with Gasteiger partial charge in [-0.1, -0.05) is 242 Å². The van der Waals surface area contributed by atoms with E-state index in [1.54, 1.807) is 0 Å². The van der Waals surface area contributed by atoms with Gasteiger partial charge in [-0.05, 0) is 135 Å². The highest BCUT2D eigenvalue weighted by Crippen LogP contribution is 2.14. The van der Waals surface area contributed by atoms with Crippen LogP contribution in [0, 0.1) is 0 Å². The van der Waals surface area contributed by atoms with E-state index in [-0.39, 0.29) is 44.0 Å². The van der Waals surface area contributed by atoms with E-state index in [1.165, 1.54) is 51.4 Å². The van der Waals surface area contributed by atoms with Gasteiger partial charge in [-0.25, -0.2) is 0 Å². The van der Waals surface area contributed by atoms with Crippen molar-refractivity contribution in [2.24, 2.45) is 0 Å². The third-order valence-corrected chi connectivity index (χ3v) is 11.7. The van der Waals surface area contributed by atoms with Crippen LogP contribution in [0.25, 0.3) is 0 Å². The van der Waals surface area contributed by atoms with E-state index in [1.807, 2.05) is 12.2 Å². The molecule has 0 aliphatic rings. The van der Waals surface area contributed by atoms with Crippen molar-refractivity contribution >= 4 is 17.9 Å². The highest BCUT2D eigenvalue weighted by Gasteiger charge is 2.19. The minimum atomic E-state index is -0.842. The number of allylic oxidation sites excluding steroid dienone is 28. The molecule has 6 nitrogen and oxygen atoms in total. The molecule has 75 heavy (non-hydrogen) atoms. The van der Waals surface area contributed by atoms with Gasteiger partial charge in [0, 0.05) is 19.3 Å². The molecule has 0 saturated heterocycles. The van der Waals surface area contributed by atoms with E-state index in [9.17, 15) is 14.4 Å². The molecule has 0 N–H and O–H groups in total. The zero-order valence-electron chi connectivity index (χ0n) is 47.7. The van der Waals surface area contributed by atoms with Crippen LogP contribution in [0.15, 0.2) is 170 Å². The minimum Gasteiger partial charge on any atom is -0.462 e. The van der Waals surface area contributed by atoms with Gasteiger partial charge in [0.1, 0.15) is 13.2 Å². The third kappa shape index (κ3) is 59.5. The predicted octanol–water partition coefficient (Wildman–Crippen LogP) is 20.3. The fourth-order valence-corrected chi connectivity index (χ4v) is 7.39. The zero-order chi connectivity index (χ0) is 54.3. The van der Waals surface area contributed by atoms with E-state index in [4.69, 9.17) is 14.2 Å². The molecule has 6 heteroatoms. The van der Waals surface area contributed by atoms with Crippen LogP contribution in [0.3, 0.4) is 0 Å². The summed E-state index contributed by atoms with van der Waals surface area (Å²) in [5.41, 5.74) is 0. The van der Waals surface area contributed by atoms with Gasteiger partial charge in [-0.2, -0.15) is 0 Å². The van der Waals surface area contributed by atoms with Crippen molar-refractivity contribution in [3.63, 3.8) is 0 Å². The zero-order valence-corrected chi connectivity index (χ0v) is 47.7. The maximum Gasteiger partial charge on any atom is 0.306 e. The van der Waals surface area contributed by atoms with E-state index in [0.717, 1.165) is 122 Å². The van der Waals surface area contributed by atoms with Crippen molar-refractivity contribution in [3.05, 3.63) is 170 Å². The summed E-state index contributed by atoms with van der Waals surface area (Å²) in [6.07, 6.45) is 90.8. The van der Waals surface area contributed by atoms with Crippen molar-refractivity contribution in [1.29, 1.82) is 0 Å². The summed E-state index contributed by atoms with van der Waals surface area (Å²) < 4.78 is 16.8. The summed E-state index contributed by atoms with van der Waals surface area (Å²) in [5, 5.41) is 0. The van der Waals surface area contributed by atoms with Gasteiger partial charge >= 0.3 is 17.9 Å². The van der Waals surface area contributed by atoms with Gasteiger partial charge in [-0.3, -0.25) is 14.4 Å². The summed E-state index contributed by atoms with van der Waals surface area (Å²) >= 11 is 0. The van der Waals surface area contributed by atoms with Crippen LogP contribution in [0.2, 0.25) is 0 Å². The fourth-order valence-electron chi connectivity index (χ4n) is 7.39. The number of rotatable bonds is 51. The lowest BCUT2D eigenvalue weighted by Gasteiger charge is -2.18. The van der Waals surface area contributed by atoms with Gasteiger partial charge < -0.3 is 14.2 Å². The Hall–Kier alpha value is -5.23. The molecule has 1 atom stereocenters. The van der Waals surface area contributed by atoms with Crippen molar-refractivity contribution in [2.75, 3.05) is 13.2 Å². The molecular formula is C69H106O6. The largest absolute Gasteiger partial charge is 0.462 e. The molecule has 0 rings (SSSR count). The maximum atomic E-state index is 12.9. The first-order valence-electron chi connectivity index (χ1n) is 29.6. The molecule has 0 fully saturated rings. The van der Waals surface area contributed by atoms with Crippen molar-refractivity contribution in [1.82, 2.24) is 0 Å². The Bertz CT molecular complexity index is 1750. The molecule has 0 radical (unpaired) electrons. The Labute approximate surface area is 460 Å². The Morgan fingerprint density at radius 2 is 0.507 bits per heavy atom. The first-order chi connectivity index (χ1) is 37.0. The van der Waals surface area contributed by atoms with Gasteiger partial charge in [0.25, 0.3) is 0 Å². The first kappa shape index (κ1) is 69.8. The van der Waals surface area contributed by atoms with Gasteiger partial charge in [-0.15, -0.1) is 0 Å². The normalized spacial score (nSPS) is 13.4. The number of carbonyl (C=O) groups excluding carboxylic acids is 3. The second kappa shape index (κ2) is 61.3. The second-order valence-corrected chi connectivity index (χ2v) is 18.8. The average molecular weight is 1030 g/mol. The number of ether oxygens (including phenoxy) is 3. The summed E-state index contributed by atoms with van der Waals surface area (Å²) in [4.78, 5) is 38.2. The molecule has 0 spiro atoms. The van der Waals surface area contributed by atoms with Crippen LogP contribution in [0.4, 0.5) is 0 Å². The smallest absolute Gasteiger partial charge is 0.306 e. The number of esters is 3. The van der Waals surface area contributed by atoms with E-state index >= 15 is 0 Å². The SMILES string of the molecule is CC/C=C\C/C=C\C/C=C\C/C=C\C/C=C\C/C=C\CCCCC(=O)OC(COC(=O)CC/C=C\C/C=C\C/C=C\C/C=C\CC)COC(=O)CCCCCCCCCCCC/C=C\C/C=C\C/C=C\C/C=C\CC. The lowest BCUT2D eigenvalue weighted by molar-refractivity contribution is -0.166. The van der Waals surface area contributed by atoms with Crippen LogP contribution >= 0.6 is 0 Å². The number of hydrogen-bond donors (Lipinski definition) is 0. The topological polar surface area (TPSA) is 78.9 Å². The summed E-state index contributed by atoms with van der Waals surface area (Å²) in [6.45, 7) is 6.18. The Morgan fingerprint density at radius 3 is 0.853 bits per heavy atom. The number of carbonyl (C=O) groups is 3. The number of unbranched alkanes of at least 4 members (excludes halogenated alkanes) is 12.